The first-order valence-electron chi connectivity index (χ1n) is 3.64. The zero-order valence-electron chi connectivity index (χ0n) is 7.01. The van der Waals surface area contributed by atoms with Gasteiger partial charge in [-0.1, -0.05) is 6.07 Å². The van der Waals surface area contributed by atoms with Crippen molar-refractivity contribution in [3.63, 3.8) is 0 Å². The van der Waals surface area contributed by atoms with Crippen molar-refractivity contribution in [1.82, 2.24) is 0 Å². The first-order chi connectivity index (χ1) is 6.13. The van der Waals surface area contributed by atoms with E-state index >= 15 is 0 Å². The van der Waals surface area contributed by atoms with Crippen LogP contribution in [0.3, 0.4) is 0 Å². The second-order valence-electron chi connectivity index (χ2n) is 2.50. The molecule has 70 valence electrons. The molecule has 0 aliphatic carbocycles. The third-order valence-electron chi connectivity index (χ3n) is 1.56. The number of carbonyl (C=O) groups is 1. The second-order valence-corrected chi connectivity index (χ2v) is 4.21. The van der Waals surface area contributed by atoms with Crippen molar-refractivity contribution < 1.29 is 9.53 Å². The summed E-state index contributed by atoms with van der Waals surface area (Å²) in [6.07, 6.45) is 0.308. The molecular weight excluding hydrogens is 300 g/mol. The fourth-order valence-electron chi connectivity index (χ4n) is 0.888. The maximum atomic E-state index is 10.9. The van der Waals surface area contributed by atoms with Crippen LogP contribution in [-0.4, -0.2) is 13.1 Å². The number of methoxy groups -OCH3 is 1. The van der Waals surface area contributed by atoms with Crippen LogP contribution < -0.4 is 0 Å². The van der Waals surface area contributed by atoms with Crippen molar-refractivity contribution in [2.45, 2.75) is 6.42 Å². The lowest BCUT2D eigenvalue weighted by atomic mass is 10.2. The fourth-order valence-corrected chi connectivity index (χ4v) is 1.56. The van der Waals surface area contributed by atoms with Gasteiger partial charge in [-0.15, -0.1) is 0 Å². The van der Waals surface area contributed by atoms with Gasteiger partial charge in [0.05, 0.1) is 13.5 Å². The zero-order valence-corrected chi connectivity index (χ0v) is 10.2. The molecule has 0 amide bonds. The van der Waals surface area contributed by atoms with Crippen molar-refractivity contribution in [3.05, 3.63) is 32.7 Å². The van der Waals surface area contributed by atoms with E-state index in [4.69, 9.17) is 0 Å². The van der Waals surface area contributed by atoms with Crippen molar-refractivity contribution in [2.24, 2.45) is 0 Å². The molecule has 0 radical (unpaired) electrons. The Labute approximate surface area is 93.5 Å². The summed E-state index contributed by atoms with van der Waals surface area (Å²) >= 11 is 6.71. The van der Waals surface area contributed by atoms with Gasteiger partial charge in [-0.2, -0.15) is 0 Å². The molecule has 0 aliphatic heterocycles. The van der Waals surface area contributed by atoms with E-state index < -0.39 is 0 Å². The number of rotatable bonds is 2. The Kier molecular flexibility index (Phi) is 3.93. The Morgan fingerprint density at radius 2 is 2.08 bits per heavy atom. The summed E-state index contributed by atoms with van der Waals surface area (Å²) in [5, 5.41) is 0. The topological polar surface area (TPSA) is 26.3 Å². The number of benzene rings is 1. The molecule has 4 heteroatoms. The first-order valence-corrected chi connectivity index (χ1v) is 5.23. The molecule has 2 nitrogen and oxygen atoms in total. The molecule has 0 heterocycles. The molecule has 1 rings (SSSR count). The smallest absolute Gasteiger partial charge is 0.309 e. The van der Waals surface area contributed by atoms with E-state index in [1.165, 1.54) is 7.11 Å². The van der Waals surface area contributed by atoms with E-state index in [1.54, 1.807) is 0 Å². The van der Waals surface area contributed by atoms with Crippen LogP contribution in [0.5, 0.6) is 0 Å². The minimum atomic E-state index is -0.228. The van der Waals surface area contributed by atoms with Crippen LogP contribution in [0.25, 0.3) is 0 Å². The summed E-state index contributed by atoms with van der Waals surface area (Å²) < 4.78 is 6.47. The van der Waals surface area contributed by atoms with Crippen LogP contribution >= 0.6 is 31.9 Å². The largest absolute Gasteiger partial charge is 0.469 e. The summed E-state index contributed by atoms with van der Waals surface area (Å²) in [6.45, 7) is 0. The molecule has 0 bridgehead atoms. The van der Waals surface area contributed by atoms with Gasteiger partial charge in [-0.3, -0.25) is 4.79 Å². The highest BCUT2D eigenvalue weighted by molar-refractivity contribution is 9.13. The van der Waals surface area contributed by atoms with Gasteiger partial charge < -0.3 is 4.74 Å². The lowest BCUT2D eigenvalue weighted by Gasteiger charge is -2.01. The van der Waals surface area contributed by atoms with E-state index in [0.717, 1.165) is 14.5 Å². The summed E-state index contributed by atoms with van der Waals surface area (Å²) in [5.74, 6) is -0.228. The molecule has 0 fully saturated rings. The quantitative estimate of drug-likeness (QED) is 0.785. The minimum Gasteiger partial charge on any atom is -0.469 e. The predicted molar refractivity (Wildman–Crippen MR) is 57.6 cm³/mol. The highest BCUT2D eigenvalue weighted by Crippen LogP contribution is 2.23. The third kappa shape index (κ3) is 3.12. The van der Waals surface area contributed by atoms with E-state index in [0.29, 0.717) is 6.42 Å². The Hall–Kier alpha value is -0.350. The number of hydrogen-bond donors (Lipinski definition) is 0. The predicted octanol–water partition coefficient (Wildman–Crippen LogP) is 2.93. The monoisotopic (exact) mass is 306 g/mol. The van der Waals surface area contributed by atoms with Gasteiger partial charge >= 0.3 is 5.97 Å². The van der Waals surface area contributed by atoms with Gasteiger partial charge in [0.2, 0.25) is 0 Å². The summed E-state index contributed by atoms with van der Waals surface area (Å²) in [5.41, 5.74) is 0.932. The standard InChI is InChI=1S/C9H8Br2O2/c1-13-9(12)5-6-2-3-7(10)8(11)4-6/h2-4H,5H2,1H3. The lowest BCUT2D eigenvalue weighted by Crippen LogP contribution is -2.04. The highest BCUT2D eigenvalue weighted by atomic mass is 79.9. The third-order valence-corrected chi connectivity index (χ3v) is 3.44. The summed E-state index contributed by atoms with van der Waals surface area (Å²) in [6, 6.07) is 5.66. The van der Waals surface area contributed by atoms with E-state index in [1.807, 2.05) is 18.2 Å². The molecule has 0 saturated heterocycles. The first kappa shape index (κ1) is 10.7. The molecule has 1 aromatic carbocycles. The average molecular weight is 308 g/mol. The number of esters is 1. The number of ether oxygens (including phenoxy) is 1. The molecule has 1 aromatic rings. The van der Waals surface area contributed by atoms with Crippen LogP contribution in [-0.2, 0) is 16.0 Å². The number of carbonyl (C=O) groups excluding carboxylic acids is 1. The van der Waals surface area contributed by atoms with E-state index in [9.17, 15) is 4.79 Å². The molecule has 0 aromatic heterocycles. The molecule has 0 saturated carbocycles. The van der Waals surface area contributed by atoms with Crippen LogP contribution in [0.15, 0.2) is 27.1 Å². The van der Waals surface area contributed by atoms with Crippen molar-refractivity contribution in [3.8, 4) is 0 Å². The molecular formula is C9H8Br2O2. The molecule has 0 spiro atoms. The van der Waals surface area contributed by atoms with Gasteiger partial charge in [0, 0.05) is 8.95 Å². The maximum absolute atomic E-state index is 10.9. The van der Waals surface area contributed by atoms with Crippen molar-refractivity contribution in [1.29, 1.82) is 0 Å². The molecule has 0 atom stereocenters. The second kappa shape index (κ2) is 4.77. The Morgan fingerprint density at radius 1 is 1.38 bits per heavy atom. The van der Waals surface area contributed by atoms with Gasteiger partial charge in [0.1, 0.15) is 0 Å². The van der Waals surface area contributed by atoms with E-state index in [-0.39, 0.29) is 5.97 Å². The van der Waals surface area contributed by atoms with E-state index in [2.05, 4.69) is 36.6 Å². The van der Waals surface area contributed by atoms with Crippen molar-refractivity contribution in [2.75, 3.05) is 7.11 Å². The van der Waals surface area contributed by atoms with Crippen LogP contribution in [0.4, 0.5) is 0 Å². The van der Waals surface area contributed by atoms with Gasteiger partial charge in [-0.25, -0.2) is 0 Å². The van der Waals surface area contributed by atoms with Gasteiger partial charge in [-0.05, 0) is 49.6 Å². The summed E-state index contributed by atoms with van der Waals surface area (Å²) in [4.78, 5) is 10.9. The Balaban J connectivity index is 2.79. The number of halogens is 2. The Morgan fingerprint density at radius 3 is 2.62 bits per heavy atom. The van der Waals surface area contributed by atoms with Crippen LogP contribution in [0.2, 0.25) is 0 Å². The average Bonchev–Trinajstić information content (AvgIpc) is 2.11. The molecule has 0 aliphatic rings. The highest BCUT2D eigenvalue weighted by Gasteiger charge is 2.04. The normalized spacial score (nSPS) is 9.77. The fraction of sp³-hybridized carbons (Fsp3) is 0.222. The number of hydrogen-bond acceptors (Lipinski definition) is 2. The lowest BCUT2D eigenvalue weighted by molar-refractivity contribution is -0.139. The Bertz CT molecular complexity index is 323. The zero-order chi connectivity index (χ0) is 9.84. The van der Waals surface area contributed by atoms with Crippen molar-refractivity contribution >= 4 is 37.8 Å². The van der Waals surface area contributed by atoms with Gasteiger partial charge in [0.25, 0.3) is 0 Å². The van der Waals surface area contributed by atoms with Crippen LogP contribution in [0.1, 0.15) is 5.56 Å². The molecule has 0 unspecified atom stereocenters. The van der Waals surface area contributed by atoms with Gasteiger partial charge in [0.15, 0.2) is 0 Å². The summed E-state index contributed by atoms with van der Waals surface area (Å²) in [7, 11) is 1.39. The molecule has 0 N–H and O–H groups in total. The maximum Gasteiger partial charge on any atom is 0.309 e. The van der Waals surface area contributed by atoms with Crippen LogP contribution in [0, 0.1) is 0 Å². The molecule has 13 heavy (non-hydrogen) atoms. The minimum absolute atomic E-state index is 0.228. The SMILES string of the molecule is COC(=O)Cc1ccc(Br)c(Br)c1.